The summed E-state index contributed by atoms with van der Waals surface area (Å²) in [6.07, 6.45) is 0.661. The van der Waals surface area contributed by atoms with Gasteiger partial charge < -0.3 is 10.6 Å². The number of rotatable bonds is 6. The van der Waals surface area contributed by atoms with Crippen LogP contribution in [0.1, 0.15) is 29.3 Å². The number of nitrogens with two attached hydrogens (primary N) is 1. The molecular formula is C20H26ClN5O3. The minimum Gasteiger partial charge on any atom is -0.384 e. The molecule has 0 radical (unpaired) electrons. The molecule has 0 atom stereocenters. The minimum atomic E-state index is -0.724. The first-order chi connectivity index (χ1) is 13.8. The lowest BCUT2D eigenvalue weighted by Gasteiger charge is -2.36. The molecule has 0 spiro atoms. The van der Waals surface area contributed by atoms with Crippen molar-refractivity contribution in [2.45, 2.75) is 26.8 Å². The lowest BCUT2D eigenvalue weighted by molar-refractivity contribution is 0.0925. The van der Waals surface area contributed by atoms with Crippen LogP contribution in [0.5, 0.6) is 0 Å². The lowest BCUT2D eigenvalue weighted by Crippen LogP contribution is -2.49. The zero-order chi connectivity index (χ0) is 21.1. The Hall–Kier alpha value is -2.58. The van der Waals surface area contributed by atoms with E-state index in [0.717, 1.165) is 24.3 Å². The minimum absolute atomic E-state index is 0.0567. The average Bonchev–Trinajstić information content (AvgIpc) is 2.67. The van der Waals surface area contributed by atoms with E-state index in [1.165, 1.54) is 4.57 Å². The van der Waals surface area contributed by atoms with Crippen LogP contribution in [-0.4, -0.2) is 53.0 Å². The van der Waals surface area contributed by atoms with E-state index in [1.54, 1.807) is 0 Å². The SMILES string of the molecule is CCCn1c(N)c(C(=O)CN2CCN(c3cc(Cl)ccc3C)CC2)c(=O)[nH]c1=O. The van der Waals surface area contributed by atoms with Gasteiger partial charge >= 0.3 is 5.69 Å². The first kappa shape index (κ1) is 21.1. The molecule has 1 aromatic carbocycles. The lowest BCUT2D eigenvalue weighted by atomic mass is 10.1. The summed E-state index contributed by atoms with van der Waals surface area (Å²) in [6, 6.07) is 5.82. The number of piperazine rings is 1. The predicted octanol–water partition coefficient (Wildman–Crippen LogP) is 1.50. The van der Waals surface area contributed by atoms with Gasteiger partial charge in [-0.05, 0) is 31.0 Å². The summed E-state index contributed by atoms with van der Waals surface area (Å²) >= 11 is 6.13. The number of hydrogen-bond acceptors (Lipinski definition) is 6. The van der Waals surface area contributed by atoms with Gasteiger partial charge in [-0.15, -0.1) is 0 Å². The van der Waals surface area contributed by atoms with Crippen LogP contribution in [0.2, 0.25) is 5.02 Å². The van der Waals surface area contributed by atoms with Gasteiger partial charge in [0.2, 0.25) is 0 Å². The standard InChI is InChI=1S/C20H26ClN5O3/c1-3-6-26-18(22)17(19(28)23-20(26)29)16(27)12-24-7-9-25(10-8-24)15-11-14(21)5-4-13(15)2/h4-5,11H,3,6-10,12,22H2,1-2H3,(H,23,28,29). The highest BCUT2D eigenvalue weighted by Crippen LogP contribution is 2.25. The zero-order valence-electron chi connectivity index (χ0n) is 16.7. The van der Waals surface area contributed by atoms with E-state index in [2.05, 4.69) is 9.88 Å². The molecule has 3 rings (SSSR count). The number of halogens is 1. The van der Waals surface area contributed by atoms with Crippen molar-refractivity contribution in [3.8, 4) is 0 Å². The number of ketones is 1. The molecule has 156 valence electrons. The molecule has 1 fully saturated rings. The van der Waals surface area contributed by atoms with Gasteiger partial charge in [-0.2, -0.15) is 0 Å². The maximum atomic E-state index is 12.8. The second kappa shape index (κ2) is 8.84. The Balaban J connectivity index is 1.70. The van der Waals surface area contributed by atoms with Gasteiger partial charge in [0.1, 0.15) is 11.4 Å². The molecule has 9 heteroatoms. The van der Waals surface area contributed by atoms with Crippen molar-refractivity contribution < 1.29 is 4.79 Å². The van der Waals surface area contributed by atoms with Crippen molar-refractivity contribution in [2.24, 2.45) is 0 Å². The average molecular weight is 420 g/mol. The number of benzene rings is 1. The smallest absolute Gasteiger partial charge is 0.329 e. The first-order valence-electron chi connectivity index (χ1n) is 9.71. The Morgan fingerprint density at radius 2 is 1.90 bits per heavy atom. The van der Waals surface area contributed by atoms with Gasteiger partial charge in [0, 0.05) is 43.4 Å². The molecule has 0 saturated carbocycles. The van der Waals surface area contributed by atoms with Crippen LogP contribution >= 0.6 is 11.6 Å². The third-order valence-electron chi connectivity index (χ3n) is 5.22. The number of aromatic amines is 1. The van der Waals surface area contributed by atoms with Crippen LogP contribution in [0.15, 0.2) is 27.8 Å². The van der Waals surface area contributed by atoms with E-state index in [-0.39, 0.29) is 23.7 Å². The van der Waals surface area contributed by atoms with E-state index >= 15 is 0 Å². The van der Waals surface area contributed by atoms with E-state index in [1.807, 2.05) is 36.9 Å². The van der Waals surface area contributed by atoms with E-state index in [4.69, 9.17) is 17.3 Å². The maximum absolute atomic E-state index is 12.8. The Morgan fingerprint density at radius 3 is 2.55 bits per heavy atom. The fourth-order valence-electron chi connectivity index (χ4n) is 3.66. The molecule has 0 unspecified atom stereocenters. The molecular weight excluding hydrogens is 394 g/mol. The molecule has 1 saturated heterocycles. The number of hydrogen-bond donors (Lipinski definition) is 2. The molecule has 1 aromatic heterocycles. The third kappa shape index (κ3) is 4.54. The number of carbonyl (C=O) groups excluding carboxylic acids is 1. The number of nitrogen functional groups attached to an aromatic ring is 1. The predicted molar refractivity (Wildman–Crippen MR) is 115 cm³/mol. The van der Waals surface area contributed by atoms with Gasteiger partial charge in [-0.3, -0.25) is 24.0 Å². The number of anilines is 2. The fraction of sp³-hybridized carbons (Fsp3) is 0.450. The summed E-state index contributed by atoms with van der Waals surface area (Å²) in [4.78, 5) is 43.3. The molecule has 8 nitrogen and oxygen atoms in total. The summed E-state index contributed by atoms with van der Waals surface area (Å²) in [6.45, 7) is 7.19. The highest BCUT2D eigenvalue weighted by molar-refractivity contribution is 6.30. The van der Waals surface area contributed by atoms with Gasteiger partial charge in [0.25, 0.3) is 5.56 Å². The molecule has 2 aromatic rings. The van der Waals surface area contributed by atoms with Crippen molar-refractivity contribution in [1.82, 2.24) is 14.5 Å². The maximum Gasteiger partial charge on any atom is 0.329 e. The fourth-order valence-corrected chi connectivity index (χ4v) is 3.82. The van der Waals surface area contributed by atoms with Crippen molar-refractivity contribution in [3.63, 3.8) is 0 Å². The molecule has 1 aliphatic rings. The van der Waals surface area contributed by atoms with Crippen molar-refractivity contribution >= 4 is 28.9 Å². The summed E-state index contributed by atoms with van der Waals surface area (Å²) in [5, 5.41) is 0.695. The van der Waals surface area contributed by atoms with Gasteiger partial charge in [-0.1, -0.05) is 24.6 Å². The summed E-state index contributed by atoms with van der Waals surface area (Å²) in [5.74, 6) is -0.431. The molecule has 2 heterocycles. The van der Waals surface area contributed by atoms with Crippen LogP contribution in [0.4, 0.5) is 11.5 Å². The Labute approximate surface area is 173 Å². The summed E-state index contributed by atoms with van der Waals surface area (Å²) in [7, 11) is 0. The van der Waals surface area contributed by atoms with E-state index < -0.39 is 11.2 Å². The summed E-state index contributed by atoms with van der Waals surface area (Å²) < 4.78 is 1.24. The largest absolute Gasteiger partial charge is 0.384 e. The number of aromatic nitrogens is 2. The number of aryl methyl sites for hydroxylation is 1. The number of Topliss-reactive ketones (excluding diaryl/α,β-unsaturated/α-hetero) is 1. The number of nitrogens with one attached hydrogen (secondary N) is 1. The number of H-pyrrole nitrogens is 1. The van der Waals surface area contributed by atoms with E-state index in [9.17, 15) is 14.4 Å². The normalized spacial score (nSPS) is 14.9. The third-order valence-corrected chi connectivity index (χ3v) is 5.45. The molecule has 0 bridgehead atoms. The van der Waals surface area contributed by atoms with Gasteiger partial charge in [0.15, 0.2) is 5.78 Å². The molecule has 29 heavy (non-hydrogen) atoms. The van der Waals surface area contributed by atoms with Crippen molar-refractivity contribution in [3.05, 3.63) is 55.2 Å². The first-order valence-corrected chi connectivity index (χ1v) is 10.1. The zero-order valence-corrected chi connectivity index (χ0v) is 17.5. The quantitative estimate of drug-likeness (QED) is 0.687. The summed E-state index contributed by atoms with van der Waals surface area (Å²) in [5.41, 5.74) is 6.79. The monoisotopic (exact) mass is 419 g/mol. The Kier molecular flexibility index (Phi) is 6.44. The van der Waals surface area contributed by atoms with E-state index in [0.29, 0.717) is 31.1 Å². The van der Waals surface area contributed by atoms with Crippen molar-refractivity contribution in [1.29, 1.82) is 0 Å². The molecule has 0 amide bonds. The van der Waals surface area contributed by atoms with Crippen molar-refractivity contribution in [2.75, 3.05) is 43.4 Å². The Morgan fingerprint density at radius 1 is 1.21 bits per heavy atom. The molecule has 0 aliphatic carbocycles. The topological polar surface area (TPSA) is 104 Å². The number of nitrogens with zero attached hydrogens (tertiary/aromatic N) is 3. The Bertz CT molecular complexity index is 1020. The highest BCUT2D eigenvalue weighted by atomic mass is 35.5. The van der Waals surface area contributed by atoms with Gasteiger partial charge in [0.05, 0.1) is 6.54 Å². The second-order valence-electron chi connectivity index (χ2n) is 7.29. The van der Waals surface area contributed by atoms with Crippen LogP contribution in [0.3, 0.4) is 0 Å². The number of carbonyl (C=O) groups is 1. The molecule has 1 aliphatic heterocycles. The molecule has 3 N–H and O–H groups in total. The highest BCUT2D eigenvalue weighted by Gasteiger charge is 2.24. The van der Waals surface area contributed by atoms with Crippen LogP contribution in [0, 0.1) is 6.92 Å². The van der Waals surface area contributed by atoms with Crippen LogP contribution < -0.4 is 21.9 Å². The van der Waals surface area contributed by atoms with Crippen LogP contribution in [0.25, 0.3) is 0 Å². The van der Waals surface area contributed by atoms with Crippen LogP contribution in [-0.2, 0) is 6.54 Å². The van der Waals surface area contributed by atoms with Gasteiger partial charge in [-0.25, -0.2) is 4.79 Å². The second-order valence-corrected chi connectivity index (χ2v) is 7.72.